The molecule has 1 aromatic carbocycles. The number of guanidine groups is 1. The lowest BCUT2D eigenvalue weighted by atomic mass is 10.1. The second-order valence-electron chi connectivity index (χ2n) is 5.95. The average molecular weight is 314 g/mol. The number of oxazole rings is 1. The van der Waals surface area contributed by atoms with Crippen molar-refractivity contribution in [1.82, 2.24) is 15.6 Å². The van der Waals surface area contributed by atoms with Crippen molar-refractivity contribution in [2.45, 2.75) is 34.2 Å². The fourth-order valence-corrected chi connectivity index (χ4v) is 2.02. The number of aryl methyl sites for hydroxylation is 1. The van der Waals surface area contributed by atoms with Crippen molar-refractivity contribution in [3.63, 3.8) is 0 Å². The lowest BCUT2D eigenvalue weighted by Gasteiger charge is -2.12. The summed E-state index contributed by atoms with van der Waals surface area (Å²) in [6, 6.07) is 8.21. The first-order valence-electron chi connectivity index (χ1n) is 8.12. The van der Waals surface area contributed by atoms with Crippen LogP contribution in [0.3, 0.4) is 0 Å². The van der Waals surface area contributed by atoms with Crippen molar-refractivity contribution in [2.24, 2.45) is 10.9 Å². The van der Waals surface area contributed by atoms with Gasteiger partial charge in [-0.15, -0.1) is 0 Å². The highest BCUT2D eigenvalue weighted by molar-refractivity contribution is 5.79. The molecular formula is C18H26N4O. The summed E-state index contributed by atoms with van der Waals surface area (Å²) in [5.74, 6) is 2.74. The maximum atomic E-state index is 5.79. The molecule has 0 atom stereocenters. The van der Waals surface area contributed by atoms with Crippen LogP contribution in [-0.2, 0) is 6.54 Å². The molecule has 0 spiro atoms. The number of hydrogen-bond donors (Lipinski definition) is 2. The van der Waals surface area contributed by atoms with Crippen molar-refractivity contribution in [2.75, 3.05) is 13.1 Å². The van der Waals surface area contributed by atoms with E-state index in [0.717, 1.165) is 30.4 Å². The molecule has 23 heavy (non-hydrogen) atoms. The Kier molecular flexibility index (Phi) is 6.20. The van der Waals surface area contributed by atoms with Crippen LogP contribution in [0, 0.1) is 12.8 Å². The maximum absolute atomic E-state index is 5.79. The molecule has 0 amide bonds. The average Bonchev–Trinajstić information content (AvgIpc) is 2.99. The van der Waals surface area contributed by atoms with Crippen LogP contribution >= 0.6 is 0 Å². The Bertz CT molecular complexity index is 629. The minimum absolute atomic E-state index is 0.416. The van der Waals surface area contributed by atoms with Crippen molar-refractivity contribution < 1.29 is 4.42 Å². The molecule has 1 heterocycles. The molecule has 0 radical (unpaired) electrons. The zero-order valence-corrected chi connectivity index (χ0v) is 14.4. The maximum Gasteiger partial charge on any atom is 0.216 e. The van der Waals surface area contributed by atoms with Gasteiger partial charge in [-0.3, -0.25) is 0 Å². The van der Waals surface area contributed by atoms with E-state index in [1.54, 1.807) is 6.20 Å². The number of aliphatic imine (C=N–C) groups is 1. The number of benzene rings is 1. The molecule has 0 aliphatic carbocycles. The summed E-state index contributed by atoms with van der Waals surface area (Å²) in [6.45, 7) is 10.6. The van der Waals surface area contributed by atoms with Crippen LogP contribution in [0.15, 0.2) is 39.9 Å². The van der Waals surface area contributed by atoms with Crippen LogP contribution in [0.5, 0.6) is 0 Å². The van der Waals surface area contributed by atoms with Gasteiger partial charge in [0.2, 0.25) is 5.89 Å². The van der Waals surface area contributed by atoms with Gasteiger partial charge in [0, 0.05) is 18.7 Å². The van der Waals surface area contributed by atoms with Crippen LogP contribution in [0.1, 0.15) is 32.2 Å². The molecule has 0 saturated heterocycles. The largest absolute Gasteiger partial charge is 0.439 e. The molecule has 1 aromatic heterocycles. The van der Waals surface area contributed by atoms with Gasteiger partial charge in [0.25, 0.3) is 0 Å². The van der Waals surface area contributed by atoms with Gasteiger partial charge < -0.3 is 15.1 Å². The smallest absolute Gasteiger partial charge is 0.216 e. The Morgan fingerprint density at radius 3 is 2.61 bits per heavy atom. The third-order valence-electron chi connectivity index (χ3n) is 3.28. The summed E-state index contributed by atoms with van der Waals surface area (Å²) < 4.78 is 5.79. The summed E-state index contributed by atoms with van der Waals surface area (Å²) in [6.07, 6.45) is 1.75. The van der Waals surface area contributed by atoms with Crippen LogP contribution in [0.2, 0.25) is 0 Å². The van der Waals surface area contributed by atoms with E-state index in [-0.39, 0.29) is 0 Å². The van der Waals surface area contributed by atoms with Gasteiger partial charge in [0.15, 0.2) is 11.7 Å². The van der Waals surface area contributed by atoms with Gasteiger partial charge in [-0.05, 0) is 19.8 Å². The van der Waals surface area contributed by atoms with Crippen LogP contribution in [0.4, 0.5) is 0 Å². The number of rotatable bonds is 6. The molecule has 0 fully saturated rings. The summed E-state index contributed by atoms with van der Waals surface area (Å²) in [4.78, 5) is 8.83. The van der Waals surface area contributed by atoms with E-state index in [1.165, 1.54) is 5.56 Å². The van der Waals surface area contributed by atoms with Gasteiger partial charge in [-0.1, -0.05) is 43.7 Å². The van der Waals surface area contributed by atoms with Crippen LogP contribution in [-0.4, -0.2) is 24.0 Å². The molecule has 5 nitrogen and oxygen atoms in total. The highest BCUT2D eigenvalue weighted by Crippen LogP contribution is 2.20. The SMILES string of the molecule is CCNC(=NCc1ncc(-c2ccc(C)cc2)o1)NCC(C)C. The quantitative estimate of drug-likeness (QED) is 0.634. The standard InChI is InChI=1S/C18H26N4O/c1-5-19-18(21-10-13(2)3)22-12-17-20-11-16(23-17)15-8-6-14(4)7-9-15/h6-9,11,13H,5,10,12H2,1-4H3,(H2,19,21,22). The number of hydrogen-bond acceptors (Lipinski definition) is 3. The van der Waals surface area contributed by atoms with E-state index in [0.29, 0.717) is 18.4 Å². The van der Waals surface area contributed by atoms with Crippen LogP contribution < -0.4 is 10.6 Å². The van der Waals surface area contributed by atoms with E-state index in [4.69, 9.17) is 4.42 Å². The highest BCUT2D eigenvalue weighted by Gasteiger charge is 2.06. The Morgan fingerprint density at radius 2 is 1.96 bits per heavy atom. The molecule has 0 bridgehead atoms. The van der Waals surface area contributed by atoms with Crippen LogP contribution in [0.25, 0.3) is 11.3 Å². The first-order chi connectivity index (χ1) is 11.1. The van der Waals surface area contributed by atoms with Gasteiger partial charge in [-0.2, -0.15) is 0 Å². The Balaban J connectivity index is 2.01. The van der Waals surface area contributed by atoms with E-state index in [9.17, 15) is 0 Å². The second kappa shape index (κ2) is 8.36. The lowest BCUT2D eigenvalue weighted by Crippen LogP contribution is -2.39. The highest BCUT2D eigenvalue weighted by atomic mass is 16.4. The molecule has 5 heteroatoms. The molecule has 2 N–H and O–H groups in total. The topological polar surface area (TPSA) is 62.5 Å². The van der Waals surface area contributed by atoms with Gasteiger partial charge in [-0.25, -0.2) is 9.98 Å². The fourth-order valence-electron chi connectivity index (χ4n) is 2.02. The predicted octanol–water partition coefficient (Wildman–Crippen LogP) is 3.36. The van der Waals surface area contributed by atoms with Crippen molar-refractivity contribution in [1.29, 1.82) is 0 Å². The van der Waals surface area contributed by atoms with E-state index < -0.39 is 0 Å². The number of aromatic nitrogens is 1. The molecular weight excluding hydrogens is 288 g/mol. The normalized spacial score (nSPS) is 11.8. The van der Waals surface area contributed by atoms with Gasteiger partial charge in [0.1, 0.15) is 6.54 Å². The minimum Gasteiger partial charge on any atom is -0.439 e. The minimum atomic E-state index is 0.416. The molecule has 124 valence electrons. The molecule has 2 aromatic rings. The molecule has 2 rings (SSSR count). The third-order valence-corrected chi connectivity index (χ3v) is 3.28. The second-order valence-corrected chi connectivity index (χ2v) is 5.95. The Hall–Kier alpha value is -2.30. The zero-order chi connectivity index (χ0) is 16.7. The third kappa shape index (κ3) is 5.43. The summed E-state index contributed by atoms with van der Waals surface area (Å²) >= 11 is 0. The summed E-state index contributed by atoms with van der Waals surface area (Å²) in [5, 5.41) is 6.53. The summed E-state index contributed by atoms with van der Waals surface area (Å²) in [7, 11) is 0. The zero-order valence-electron chi connectivity index (χ0n) is 14.4. The molecule has 0 saturated carbocycles. The first kappa shape index (κ1) is 17.1. The molecule has 0 unspecified atom stereocenters. The fraction of sp³-hybridized carbons (Fsp3) is 0.444. The Morgan fingerprint density at radius 1 is 1.22 bits per heavy atom. The monoisotopic (exact) mass is 314 g/mol. The summed E-state index contributed by atoms with van der Waals surface area (Å²) in [5.41, 5.74) is 2.26. The van der Waals surface area contributed by atoms with Crippen molar-refractivity contribution in [3.05, 3.63) is 41.9 Å². The number of nitrogens with one attached hydrogen (secondary N) is 2. The molecule has 0 aliphatic rings. The van der Waals surface area contributed by atoms with E-state index >= 15 is 0 Å². The lowest BCUT2D eigenvalue weighted by molar-refractivity contribution is 0.508. The van der Waals surface area contributed by atoms with Gasteiger partial charge >= 0.3 is 0 Å². The number of nitrogens with zero attached hydrogens (tertiary/aromatic N) is 2. The van der Waals surface area contributed by atoms with Gasteiger partial charge in [0.05, 0.1) is 6.20 Å². The first-order valence-corrected chi connectivity index (χ1v) is 8.12. The van der Waals surface area contributed by atoms with E-state index in [2.05, 4.69) is 53.5 Å². The predicted molar refractivity (Wildman–Crippen MR) is 94.3 cm³/mol. The Labute approximate surface area is 138 Å². The van der Waals surface area contributed by atoms with E-state index in [1.807, 2.05) is 19.1 Å². The van der Waals surface area contributed by atoms with Crippen molar-refractivity contribution >= 4 is 5.96 Å². The molecule has 0 aliphatic heterocycles. The van der Waals surface area contributed by atoms with Crippen molar-refractivity contribution in [3.8, 4) is 11.3 Å².